The molecule has 1 N–H and O–H groups in total. The van der Waals surface area contributed by atoms with E-state index >= 15 is 0 Å². The van der Waals surface area contributed by atoms with Crippen LogP contribution in [-0.2, 0) is 6.54 Å². The first-order valence-corrected chi connectivity index (χ1v) is 7.82. The van der Waals surface area contributed by atoms with Crippen molar-refractivity contribution in [1.29, 1.82) is 0 Å². The second-order valence-electron chi connectivity index (χ2n) is 6.04. The number of nitrogens with zero attached hydrogens (tertiary/aromatic N) is 1. The quantitative estimate of drug-likeness (QED) is 0.889. The lowest BCUT2D eigenvalue weighted by molar-refractivity contribution is 0.242. The molecule has 1 aliphatic heterocycles. The first-order valence-electron chi connectivity index (χ1n) is 7.82. The van der Waals surface area contributed by atoms with E-state index in [2.05, 4.69) is 49.2 Å². The molecule has 0 aliphatic carbocycles. The monoisotopic (exact) mass is 276 g/mol. The normalized spacial score (nSPS) is 19.4. The third kappa shape index (κ3) is 3.66. The second-order valence-corrected chi connectivity index (χ2v) is 6.04. The molecule has 3 nitrogen and oxygen atoms in total. The Balaban J connectivity index is 2.29. The van der Waals surface area contributed by atoms with Gasteiger partial charge in [-0.15, -0.1) is 0 Å². The Labute approximate surface area is 123 Å². The van der Waals surface area contributed by atoms with Crippen molar-refractivity contribution in [2.75, 3.05) is 18.5 Å². The first kappa shape index (κ1) is 15.2. The molecular formula is C17H28N2O. The van der Waals surface area contributed by atoms with Crippen molar-refractivity contribution in [2.24, 2.45) is 0 Å². The van der Waals surface area contributed by atoms with E-state index in [9.17, 15) is 0 Å². The summed E-state index contributed by atoms with van der Waals surface area (Å²) < 4.78 is 6.06. The lowest BCUT2D eigenvalue weighted by Gasteiger charge is -2.36. The minimum absolute atomic E-state index is 0.207. The lowest BCUT2D eigenvalue weighted by Crippen LogP contribution is -2.37. The predicted octanol–water partition coefficient (Wildman–Crippen LogP) is 3.57. The van der Waals surface area contributed by atoms with Gasteiger partial charge in [-0.05, 0) is 64.8 Å². The molecule has 0 saturated carbocycles. The Kier molecular flexibility index (Phi) is 5.30. The highest BCUT2D eigenvalue weighted by molar-refractivity contribution is 5.60. The highest BCUT2D eigenvalue weighted by Crippen LogP contribution is 2.34. The molecule has 0 amide bonds. The Morgan fingerprint density at radius 1 is 1.35 bits per heavy atom. The molecular weight excluding hydrogens is 248 g/mol. The third-order valence-electron chi connectivity index (χ3n) is 3.88. The summed E-state index contributed by atoms with van der Waals surface area (Å²) in [6.45, 7) is 8.52. The summed E-state index contributed by atoms with van der Waals surface area (Å²) in [5, 5.41) is 3.20. The predicted molar refractivity (Wildman–Crippen MR) is 85.6 cm³/mol. The van der Waals surface area contributed by atoms with Gasteiger partial charge in [-0.25, -0.2) is 0 Å². The summed E-state index contributed by atoms with van der Waals surface area (Å²) in [4.78, 5) is 2.50. The topological polar surface area (TPSA) is 24.5 Å². The van der Waals surface area contributed by atoms with Crippen LogP contribution in [0.25, 0.3) is 0 Å². The van der Waals surface area contributed by atoms with Crippen molar-refractivity contribution < 1.29 is 4.74 Å². The smallest absolute Gasteiger partial charge is 0.143 e. The number of hydrogen-bond acceptors (Lipinski definition) is 3. The van der Waals surface area contributed by atoms with Crippen LogP contribution < -0.4 is 15.0 Å². The van der Waals surface area contributed by atoms with Crippen molar-refractivity contribution in [3.63, 3.8) is 0 Å². The molecule has 1 aromatic carbocycles. The van der Waals surface area contributed by atoms with Crippen molar-refractivity contribution in [2.45, 2.75) is 58.7 Å². The van der Waals surface area contributed by atoms with Gasteiger partial charge in [-0.2, -0.15) is 0 Å². The first-order chi connectivity index (χ1) is 9.61. The fourth-order valence-electron chi connectivity index (χ4n) is 2.91. The zero-order chi connectivity index (χ0) is 14.5. The average molecular weight is 276 g/mol. The van der Waals surface area contributed by atoms with Gasteiger partial charge in [0.15, 0.2) is 0 Å². The van der Waals surface area contributed by atoms with Crippen LogP contribution in [0, 0.1) is 0 Å². The molecule has 3 heteroatoms. The number of anilines is 1. The van der Waals surface area contributed by atoms with Gasteiger partial charge in [-0.1, -0.05) is 6.07 Å². The van der Waals surface area contributed by atoms with E-state index in [1.165, 1.54) is 30.5 Å². The molecule has 20 heavy (non-hydrogen) atoms. The number of nitrogens with one attached hydrogen (secondary N) is 1. The number of ether oxygens (including phenoxy) is 1. The maximum Gasteiger partial charge on any atom is 0.143 e. The molecule has 2 rings (SSSR count). The minimum atomic E-state index is 0.207. The number of benzene rings is 1. The average Bonchev–Trinajstić information content (AvgIpc) is 2.40. The largest absolute Gasteiger partial charge is 0.489 e. The van der Waals surface area contributed by atoms with E-state index in [4.69, 9.17) is 4.74 Å². The molecule has 1 atom stereocenters. The van der Waals surface area contributed by atoms with Crippen LogP contribution >= 0.6 is 0 Å². The highest BCUT2D eigenvalue weighted by Gasteiger charge is 2.22. The third-order valence-corrected chi connectivity index (χ3v) is 3.88. The standard InChI is InChI=1S/C17H28N2O/c1-13(2)20-17-11-15(12-18-4)8-9-16(17)19-10-6-5-7-14(19)3/h8-9,11,13-14,18H,5-7,10,12H2,1-4H3. The minimum Gasteiger partial charge on any atom is -0.489 e. The number of rotatable bonds is 5. The van der Waals surface area contributed by atoms with Crippen LogP contribution in [0.5, 0.6) is 5.75 Å². The molecule has 1 saturated heterocycles. The van der Waals surface area contributed by atoms with Gasteiger partial charge in [0.2, 0.25) is 0 Å². The van der Waals surface area contributed by atoms with Gasteiger partial charge in [0.1, 0.15) is 5.75 Å². The van der Waals surface area contributed by atoms with Gasteiger partial charge in [0.25, 0.3) is 0 Å². The summed E-state index contributed by atoms with van der Waals surface area (Å²) in [7, 11) is 1.98. The van der Waals surface area contributed by atoms with E-state index in [0.717, 1.165) is 18.8 Å². The van der Waals surface area contributed by atoms with Gasteiger partial charge in [0, 0.05) is 19.1 Å². The van der Waals surface area contributed by atoms with Gasteiger partial charge in [-0.3, -0.25) is 0 Å². The van der Waals surface area contributed by atoms with E-state index in [0.29, 0.717) is 6.04 Å². The van der Waals surface area contributed by atoms with Gasteiger partial charge < -0.3 is 15.0 Å². The molecule has 1 fully saturated rings. The zero-order valence-electron chi connectivity index (χ0n) is 13.3. The fourth-order valence-corrected chi connectivity index (χ4v) is 2.91. The van der Waals surface area contributed by atoms with Crippen LogP contribution in [0.3, 0.4) is 0 Å². The van der Waals surface area contributed by atoms with Crippen LogP contribution in [0.15, 0.2) is 18.2 Å². The summed E-state index contributed by atoms with van der Waals surface area (Å²) in [6.07, 6.45) is 4.11. The SMILES string of the molecule is CNCc1ccc(N2CCCCC2C)c(OC(C)C)c1. The lowest BCUT2D eigenvalue weighted by atomic mass is 10.0. The maximum atomic E-state index is 6.06. The fraction of sp³-hybridized carbons (Fsp3) is 0.647. The molecule has 1 aliphatic rings. The molecule has 0 spiro atoms. The Hall–Kier alpha value is -1.22. The van der Waals surface area contributed by atoms with Crippen LogP contribution in [-0.4, -0.2) is 25.7 Å². The molecule has 0 radical (unpaired) electrons. The molecule has 1 unspecified atom stereocenters. The summed E-state index contributed by atoms with van der Waals surface area (Å²) in [5.41, 5.74) is 2.53. The molecule has 0 aromatic heterocycles. The summed E-state index contributed by atoms with van der Waals surface area (Å²) >= 11 is 0. The highest BCUT2D eigenvalue weighted by atomic mass is 16.5. The van der Waals surface area contributed by atoms with Crippen molar-refractivity contribution in [3.8, 4) is 5.75 Å². The van der Waals surface area contributed by atoms with Crippen LogP contribution in [0.4, 0.5) is 5.69 Å². The summed E-state index contributed by atoms with van der Waals surface area (Å²) in [5.74, 6) is 1.03. The van der Waals surface area contributed by atoms with Gasteiger partial charge in [0.05, 0.1) is 11.8 Å². The molecule has 112 valence electrons. The Morgan fingerprint density at radius 3 is 2.80 bits per heavy atom. The van der Waals surface area contributed by atoms with E-state index < -0.39 is 0 Å². The second kappa shape index (κ2) is 6.98. The molecule has 0 bridgehead atoms. The van der Waals surface area contributed by atoms with Gasteiger partial charge >= 0.3 is 0 Å². The van der Waals surface area contributed by atoms with E-state index in [1.807, 2.05) is 7.05 Å². The van der Waals surface area contributed by atoms with Crippen molar-refractivity contribution >= 4 is 5.69 Å². The number of piperidine rings is 1. The van der Waals surface area contributed by atoms with E-state index in [1.54, 1.807) is 0 Å². The van der Waals surface area contributed by atoms with E-state index in [-0.39, 0.29) is 6.10 Å². The summed E-state index contributed by atoms with van der Waals surface area (Å²) in [6, 6.07) is 7.23. The van der Waals surface area contributed by atoms with Crippen molar-refractivity contribution in [3.05, 3.63) is 23.8 Å². The molecule has 1 aromatic rings. The van der Waals surface area contributed by atoms with Crippen LogP contribution in [0.1, 0.15) is 45.6 Å². The maximum absolute atomic E-state index is 6.06. The Morgan fingerprint density at radius 2 is 2.15 bits per heavy atom. The van der Waals surface area contributed by atoms with Crippen molar-refractivity contribution in [1.82, 2.24) is 5.32 Å². The molecule has 1 heterocycles. The van der Waals surface area contributed by atoms with Crippen LogP contribution in [0.2, 0.25) is 0 Å². The Bertz CT molecular complexity index is 431. The number of hydrogen-bond donors (Lipinski definition) is 1. The zero-order valence-corrected chi connectivity index (χ0v) is 13.3.